The van der Waals surface area contributed by atoms with Crippen LogP contribution in [0.5, 0.6) is 5.88 Å². The number of aromatic nitrogens is 2. The van der Waals surface area contributed by atoms with Gasteiger partial charge in [-0.1, -0.05) is 44.5 Å². The van der Waals surface area contributed by atoms with Crippen molar-refractivity contribution in [3.8, 4) is 17.0 Å². The molecule has 6 heteroatoms. The van der Waals surface area contributed by atoms with E-state index >= 15 is 0 Å². The molecule has 0 radical (unpaired) electrons. The number of aromatic hydroxyl groups is 1. The summed E-state index contributed by atoms with van der Waals surface area (Å²) in [5.74, 6) is 0.744. The summed E-state index contributed by atoms with van der Waals surface area (Å²) in [6, 6.07) is 6.69. The predicted octanol–water partition coefficient (Wildman–Crippen LogP) is 3.83. The normalized spacial score (nSPS) is 11.6. The molecule has 0 saturated heterocycles. The molecule has 0 aliphatic heterocycles. The average Bonchev–Trinajstić information content (AvgIpc) is 2.37. The Morgan fingerprint density at radius 1 is 1.29 bits per heavy atom. The van der Waals surface area contributed by atoms with E-state index in [1.54, 1.807) is 36.0 Å². The lowest BCUT2D eigenvalue weighted by atomic mass is 10.1. The van der Waals surface area contributed by atoms with Crippen LogP contribution in [0.1, 0.15) is 26.6 Å². The number of halogens is 1. The van der Waals surface area contributed by atoms with E-state index in [4.69, 9.17) is 11.6 Å². The Labute approximate surface area is 132 Å². The van der Waals surface area contributed by atoms with E-state index in [9.17, 15) is 9.90 Å². The summed E-state index contributed by atoms with van der Waals surface area (Å²) in [4.78, 5) is 19.0. The van der Waals surface area contributed by atoms with Crippen molar-refractivity contribution >= 4 is 23.4 Å². The lowest BCUT2D eigenvalue weighted by molar-refractivity contribution is 0.451. The van der Waals surface area contributed by atoms with Crippen molar-refractivity contribution < 1.29 is 5.11 Å². The number of nitrogens with one attached hydrogen (secondary N) is 1. The third-order valence-corrected chi connectivity index (χ3v) is 4.26. The Morgan fingerprint density at radius 3 is 2.43 bits per heavy atom. The monoisotopic (exact) mass is 324 g/mol. The van der Waals surface area contributed by atoms with Crippen LogP contribution in [-0.4, -0.2) is 19.8 Å². The van der Waals surface area contributed by atoms with Crippen LogP contribution in [0.4, 0.5) is 0 Å². The van der Waals surface area contributed by atoms with Crippen LogP contribution in [0, 0.1) is 0 Å². The summed E-state index contributed by atoms with van der Waals surface area (Å²) in [5.41, 5.74) is 0.395. The maximum atomic E-state index is 12.2. The molecule has 1 aromatic heterocycles. The number of hydrogen-bond donors (Lipinski definition) is 2. The minimum Gasteiger partial charge on any atom is -0.493 e. The smallest absolute Gasteiger partial charge is 0.262 e. The van der Waals surface area contributed by atoms with Crippen molar-refractivity contribution in [1.29, 1.82) is 0 Å². The van der Waals surface area contributed by atoms with Gasteiger partial charge in [-0.25, -0.2) is 0 Å². The second-order valence-corrected chi connectivity index (χ2v) is 7.86. The molecule has 0 saturated carbocycles. The van der Waals surface area contributed by atoms with E-state index < -0.39 is 0 Å². The summed E-state index contributed by atoms with van der Waals surface area (Å²) >= 11 is 7.47. The van der Waals surface area contributed by atoms with Gasteiger partial charge < -0.3 is 10.1 Å². The number of aromatic amines is 1. The number of nitrogens with zero attached hydrogens (tertiary/aromatic N) is 1. The molecule has 0 atom stereocenters. The van der Waals surface area contributed by atoms with Crippen molar-refractivity contribution in [2.45, 2.75) is 31.3 Å². The van der Waals surface area contributed by atoms with Gasteiger partial charge >= 0.3 is 0 Å². The zero-order valence-corrected chi connectivity index (χ0v) is 13.7. The first-order valence-corrected chi connectivity index (χ1v) is 7.85. The fourth-order valence-corrected chi connectivity index (χ4v) is 2.57. The topological polar surface area (TPSA) is 66.0 Å². The Balaban J connectivity index is 2.34. The fourth-order valence-electron chi connectivity index (χ4n) is 1.74. The molecule has 0 aliphatic carbocycles. The predicted molar refractivity (Wildman–Crippen MR) is 88.0 cm³/mol. The Kier molecular flexibility index (Phi) is 4.64. The minimum absolute atomic E-state index is 0.0586. The number of hydrogen-bond acceptors (Lipinski definition) is 4. The van der Waals surface area contributed by atoms with Gasteiger partial charge in [-0.2, -0.15) is 4.98 Å². The highest BCUT2D eigenvalue weighted by molar-refractivity contribution is 7.99. The van der Waals surface area contributed by atoms with Crippen molar-refractivity contribution in [2.75, 3.05) is 0 Å². The molecule has 0 amide bonds. The number of H-pyrrole nitrogens is 1. The van der Waals surface area contributed by atoms with Gasteiger partial charge in [0, 0.05) is 9.77 Å². The molecule has 2 rings (SSSR count). The fraction of sp³-hybridized carbons (Fsp3) is 0.333. The molecule has 112 valence electrons. The summed E-state index contributed by atoms with van der Waals surface area (Å²) in [6.45, 7) is 6.24. The molecular formula is C15H17ClN2O2S. The molecular weight excluding hydrogens is 308 g/mol. The molecule has 0 unspecified atom stereocenters. The van der Waals surface area contributed by atoms with Gasteiger partial charge in [0.15, 0.2) is 0 Å². The Morgan fingerprint density at radius 2 is 1.90 bits per heavy atom. The van der Waals surface area contributed by atoms with E-state index in [0.29, 0.717) is 22.2 Å². The molecule has 21 heavy (non-hydrogen) atoms. The van der Waals surface area contributed by atoms with Crippen LogP contribution in [0.3, 0.4) is 0 Å². The second-order valence-electron chi connectivity index (χ2n) is 5.62. The highest BCUT2D eigenvalue weighted by Gasteiger charge is 2.15. The van der Waals surface area contributed by atoms with Gasteiger partial charge in [0.1, 0.15) is 11.4 Å². The number of thioether (sulfide) groups is 1. The van der Waals surface area contributed by atoms with Gasteiger partial charge in [0.25, 0.3) is 5.56 Å². The molecule has 0 bridgehead atoms. The Hall–Kier alpha value is -1.46. The second kappa shape index (κ2) is 6.12. The molecule has 2 N–H and O–H groups in total. The lowest BCUT2D eigenvalue weighted by Crippen LogP contribution is -2.15. The first kappa shape index (κ1) is 15.9. The van der Waals surface area contributed by atoms with Crippen LogP contribution in [0.15, 0.2) is 29.1 Å². The largest absolute Gasteiger partial charge is 0.493 e. The van der Waals surface area contributed by atoms with E-state index in [0.717, 1.165) is 0 Å². The summed E-state index contributed by atoms with van der Waals surface area (Å²) < 4.78 is 0.0586. The highest BCUT2D eigenvalue weighted by atomic mass is 35.5. The van der Waals surface area contributed by atoms with Gasteiger partial charge in [-0.05, 0) is 17.7 Å². The van der Waals surface area contributed by atoms with E-state index in [1.165, 1.54) is 0 Å². The molecule has 0 aliphatic rings. The quantitative estimate of drug-likeness (QED) is 0.900. The summed E-state index contributed by atoms with van der Waals surface area (Å²) in [5, 5.41) is 10.6. The van der Waals surface area contributed by atoms with Gasteiger partial charge in [-0.3, -0.25) is 4.79 Å². The van der Waals surface area contributed by atoms with Gasteiger partial charge in [-0.15, -0.1) is 11.8 Å². The first-order chi connectivity index (χ1) is 9.76. The van der Waals surface area contributed by atoms with Crippen molar-refractivity contribution in [2.24, 2.45) is 0 Å². The van der Waals surface area contributed by atoms with Crippen LogP contribution in [0.2, 0.25) is 5.02 Å². The first-order valence-electron chi connectivity index (χ1n) is 6.48. The molecule has 1 aromatic carbocycles. The van der Waals surface area contributed by atoms with Crippen LogP contribution < -0.4 is 5.56 Å². The zero-order valence-electron chi connectivity index (χ0n) is 12.1. The Bertz CT molecular complexity index is 690. The SMILES string of the molecule is CC(C)(C)SCc1nc(O)c(-c2ccc(Cl)cc2)c(=O)[nH]1. The molecule has 4 nitrogen and oxygen atoms in total. The minimum atomic E-state index is -0.352. The molecule has 0 spiro atoms. The molecule has 0 fully saturated rings. The molecule has 2 aromatic rings. The van der Waals surface area contributed by atoms with E-state index in [2.05, 4.69) is 30.7 Å². The third-order valence-electron chi connectivity index (χ3n) is 2.72. The van der Waals surface area contributed by atoms with Crippen molar-refractivity contribution in [3.63, 3.8) is 0 Å². The summed E-state index contributed by atoms with van der Waals surface area (Å²) in [7, 11) is 0. The molecule has 1 heterocycles. The maximum absolute atomic E-state index is 12.2. The van der Waals surface area contributed by atoms with E-state index in [-0.39, 0.29) is 21.7 Å². The average molecular weight is 325 g/mol. The maximum Gasteiger partial charge on any atom is 0.262 e. The van der Waals surface area contributed by atoms with Crippen LogP contribution in [-0.2, 0) is 5.75 Å². The van der Waals surface area contributed by atoms with Crippen molar-refractivity contribution in [3.05, 3.63) is 45.5 Å². The van der Waals surface area contributed by atoms with Gasteiger partial charge in [0.05, 0.1) is 5.75 Å². The highest BCUT2D eigenvalue weighted by Crippen LogP contribution is 2.28. The number of rotatable bonds is 3. The van der Waals surface area contributed by atoms with Crippen molar-refractivity contribution in [1.82, 2.24) is 9.97 Å². The van der Waals surface area contributed by atoms with E-state index in [1.807, 2.05) is 0 Å². The zero-order chi connectivity index (χ0) is 15.6. The van der Waals surface area contributed by atoms with Crippen LogP contribution in [0.25, 0.3) is 11.1 Å². The number of benzene rings is 1. The summed E-state index contributed by atoms with van der Waals surface area (Å²) in [6.07, 6.45) is 0. The standard InChI is InChI=1S/C15H17ClN2O2S/c1-15(2,3)21-8-11-17-13(19)12(14(20)18-11)9-4-6-10(16)7-5-9/h4-7H,8H2,1-3H3,(H2,17,18,19,20). The van der Waals surface area contributed by atoms with Crippen LogP contribution >= 0.6 is 23.4 Å². The van der Waals surface area contributed by atoms with Gasteiger partial charge in [0.2, 0.25) is 5.88 Å². The lowest BCUT2D eigenvalue weighted by Gasteiger charge is -2.17. The third kappa shape index (κ3) is 4.25.